The van der Waals surface area contributed by atoms with Gasteiger partial charge in [0.05, 0.1) is 17.1 Å². The zero-order valence-corrected chi connectivity index (χ0v) is 19.7. The molecule has 0 radical (unpaired) electrons. The number of benzene rings is 3. The van der Waals surface area contributed by atoms with Gasteiger partial charge >= 0.3 is 5.69 Å². The van der Waals surface area contributed by atoms with Crippen LogP contribution in [0.3, 0.4) is 0 Å². The van der Waals surface area contributed by atoms with E-state index in [-0.39, 0.29) is 23.4 Å². The molecule has 1 fully saturated rings. The molecule has 1 aliphatic rings. The van der Waals surface area contributed by atoms with E-state index in [1.807, 2.05) is 53.1 Å². The molecule has 0 aliphatic carbocycles. The van der Waals surface area contributed by atoms with Crippen molar-refractivity contribution < 1.29 is 8.78 Å². The SMILES string of the molecule is O=c1[nH]c2ccccc2n1CCCCN1CCN(C(c2ccc(F)cc2)c2ccc(F)cc2)CC1. The van der Waals surface area contributed by atoms with Gasteiger partial charge in [0.1, 0.15) is 11.6 Å². The largest absolute Gasteiger partial charge is 0.326 e. The van der Waals surface area contributed by atoms with Gasteiger partial charge in [-0.05, 0) is 66.9 Å². The quantitative estimate of drug-likeness (QED) is 0.372. The predicted molar refractivity (Wildman–Crippen MR) is 134 cm³/mol. The minimum Gasteiger partial charge on any atom is -0.306 e. The van der Waals surface area contributed by atoms with Crippen LogP contribution in [0.2, 0.25) is 0 Å². The number of aromatic nitrogens is 2. The van der Waals surface area contributed by atoms with Crippen LogP contribution in [-0.2, 0) is 6.54 Å². The van der Waals surface area contributed by atoms with Crippen molar-refractivity contribution in [3.8, 4) is 0 Å². The van der Waals surface area contributed by atoms with Gasteiger partial charge in [0, 0.05) is 32.7 Å². The first-order valence-electron chi connectivity index (χ1n) is 12.2. The van der Waals surface area contributed by atoms with Gasteiger partial charge in [-0.2, -0.15) is 0 Å². The second kappa shape index (κ2) is 10.5. The maximum Gasteiger partial charge on any atom is 0.326 e. The average molecular weight is 477 g/mol. The summed E-state index contributed by atoms with van der Waals surface area (Å²) in [6.45, 7) is 5.32. The molecule has 7 heteroatoms. The first-order valence-corrected chi connectivity index (χ1v) is 12.2. The number of aryl methyl sites for hydroxylation is 1. The van der Waals surface area contributed by atoms with E-state index in [4.69, 9.17) is 0 Å². The zero-order chi connectivity index (χ0) is 24.2. The number of unbranched alkanes of at least 4 members (excludes halogenated alkanes) is 1. The number of hydrogen-bond acceptors (Lipinski definition) is 3. The van der Waals surface area contributed by atoms with Crippen molar-refractivity contribution in [2.75, 3.05) is 32.7 Å². The molecular formula is C28H30F2N4O. The Balaban J connectivity index is 1.17. The lowest BCUT2D eigenvalue weighted by Gasteiger charge is -2.40. The lowest BCUT2D eigenvalue weighted by Crippen LogP contribution is -2.48. The number of H-pyrrole nitrogens is 1. The molecule has 1 N–H and O–H groups in total. The summed E-state index contributed by atoms with van der Waals surface area (Å²) in [7, 11) is 0. The molecule has 0 spiro atoms. The smallest absolute Gasteiger partial charge is 0.306 e. The average Bonchev–Trinajstić information content (AvgIpc) is 3.20. The van der Waals surface area contributed by atoms with E-state index >= 15 is 0 Å². The Morgan fingerprint density at radius 1 is 0.743 bits per heavy atom. The molecule has 4 aromatic rings. The Labute approximate surface area is 203 Å². The monoisotopic (exact) mass is 476 g/mol. The number of hydrogen-bond donors (Lipinski definition) is 1. The van der Waals surface area contributed by atoms with E-state index in [1.165, 1.54) is 24.3 Å². The fourth-order valence-corrected chi connectivity index (χ4v) is 5.08. The summed E-state index contributed by atoms with van der Waals surface area (Å²) < 4.78 is 28.9. The third kappa shape index (κ3) is 5.36. The van der Waals surface area contributed by atoms with E-state index in [0.717, 1.165) is 67.7 Å². The summed E-state index contributed by atoms with van der Waals surface area (Å²) >= 11 is 0. The van der Waals surface area contributed by atoms with Gasteiger partial charge < -0.3 is 9.88 Å². The van der Waals surface area contributed by atoms with E-state index in [9.17, 15) is 13.6 Å². The molecule has 5 rings (SSSR count). The summed E-state index contributed by atoms with van der Waals surface area (Å²) in [6, 6.07) is 21.0. The standard InChI is InChI=1S/C28H30F2N4O/c29-23-11-7-21(8-12-23)27(22-9-13-24(30)14-10-22)33-19-17-32(18-20-33)15-3-4-16-34-26-6-2-1-5-25(26)31-28(34)35/h1-2,5-14,27H,3-4,15-20H2,(H,31,35). The van der Waals surface area contributed by atoms with Crippen LogP contribution in [0.4, 0.5) is 8.78 Å². The molecular weight excluding hydrogens is 446 g/mol. The van der Waals surface area contributed by atoms with Gasteiger partial charge in [-0.15, -0.1) is 0 Å². The van der Waals surface area contributed by atoms with Crippen molar-refractivity contribution in [1.82, 2.24) is 19.4 Å². The molecule has 2 heterocycles. The van der Waals surface area contributed by atoms with Crippen LogP contribution in [0.1, 0.15) is 30.0 Å². The molecule has 5 nitrogen and oxygen atoms in total. The Hall–Kier alpha value is -3.29. The minimum atomic E-state index is -0.258. The van der Waals surface area contributed by atoms with Crippen molar-refractivity contribution in [2.45, 2.75) is 25.4 Å². The molecule has 0 bridgehead atoms. The Bertz CT molecular complexity index is 1260. The summed E-state index contributed by atoms with van der Waals surface area (Å²) in [6.07, 6.45) is 1.96. The summed E-state index contributed by atoms with van der Waals surface area (Å²) in [5, 5.41) is 0. The molecule has 3 aromatic carbocycles. The van der Waals surface area contributed by atoms with Crippen LogP contribution in [0.5, 0.6) is 0 Å². The van der Waals surface area contributed by atoms with Crippen LogP contribution in [0.25, 0.3) is 11.0 Å². The third-order valence-electron chi connectivity index (χ3n) is 6.93. The Kier molecular flexibility index (Phi) is 7.06. The van der Waals surface area contributed by atoms with Gasteiger partial charge in [-0.1, -0.05) is 36.4 Å². The number of nitrogens with one attached hydrogen (secondary N) is 1. The first-order chi connectivity index (χ1) is 17.1. The van der Waals surface area contributed by atoms with Gasteiger partial charge in [0.15, 0.2) is 0 Å². The second-order valence-corrected chi connectivity index (χ2v) is 9.19. The first kappa shape index (κ1) is 23.5. The van der Waals surface area contributed by atoms with Gasteiger partial charge in [0.2, 0.25) is 0 Å². The second-order valence-electron chi connectivity index (χ2n) is 9.19. The number of imidazole rings is 1. The molecule has 0 amide bonds. The van der Waals surface area contributed by atoms with Crippen molar-refractivity contribution in [1.29, 1.82) is 0 Å². The van der Waals surface area contributed by atoms with Crippen LogP contribution in [0.15, 0.2) is 77.6 Å². The Morgan fingerprint density at radius 3 is 1.94 bits per heavy atom. The highest BCUT2D eigenvalue weighted by Crippen LogP contribution is 2.30. The van der Waals surface area contributed by atoms with E-state index in [1.54, 1.807) is 0 Å². The third-order valence-corrected chi connectivity index (χ3v) is 6.93. The van der Waals surface area contributed by atoms with Crippen molar-refractivity contribution >= 4 is 11.0 Å². The lowest BCUT2D eigenvalue weighted by molar-refractivity contribution is 0.108. The molecule has 0 unspecified atom stereocenters. The van der Waals surface area contributed by atoms with Crippen LogP contribution >= 0.6 is 0 Å². The van der Waals surface area contributed by atoms with Crippen molar-refractivity contribution in [3.05, 3.63) is 106 Å². The molecule has 0 atom stereocenters. The fourth-order valence-electron chi connectivity index (χ4n) is 5.08. The number of piperazine rings is 1. The summed E-state index contributed by atoms with van der Waals surface area (Å²) in [5.74, 6) is -0.516. The highest BCUT2D eigenvalue weighted by atomic mass is 19.1. The van der Waals surface area contributed by atoms with E-state index < -0.39 is 0 Å². The van der Waals surface area contributed by atoms with Crippen LogP contribution < -0.4 is 5.69 Å². The van der Waals surface area contributed by atoms with Crippen molar-refractivity contribution in [2.24, 2.45) is 0 Å². The number of nitrogens with zero attached hydrogens (tertiary/aromatic N) is 3. The maximum atomic E-state index is 13.5. The summed E-state index contributed by atoms with van der Waals surface area (Å²) in [5.41, 5.74) is 3.81. The molecule has 182 valence electrons. The van der Waals surface area contributed by atoms with E-state index in [2.05, 4.69) is 14.8 Å². The van der Waals surface area contributed by atoms with Gasteiger partial charge in [-0.3, -0.25) is 9.47 Å². The maximum absolute atomic E-state index is 13.5. The molecule has 1 aromatic heterocycles. The number of rotatable bonds is 8. The summed E-state index contributed by atoms with van der Waals surface area (Å²) in [4.78, 5) is 20.0. The normalized spacial score (nSPS) is 15.3. The molecule has 1 aliphatic heterocycles. The highest BCUT2D eigenvalue weighted by Gasteiger charge is 2.26. The number of aromatic amines is 1. The molecule has 1 saturated heterocycles. The topological polar surface area (TPSA) is 44.3 Å². The molecule has 35 heavy (non-hydrogen) atoms. The van der Waals surface area contributed by atoms with Gasteiger partial charge in [-0.25, -0.2) is 13.6 Å². The predicted octanol–water partition coefficient (Wildman–Crippen LogP) is 4.80. The van der Waals surface area contributed by atoms with Crippen LogP contribution in [0, 0.1) is 11.6 Å². The van der Waals surface area contributed by atoms with Gasteiger partial charge in [0.25, 0.3) is 0 Å². The zero-order valence-electron chi connectivity index (χ0n) is 19.7. The molecule has 0 saturated carbocycles. The lowest BCUT2D eigenvalue weighted by atomic mass is 9.96. The Morgan fingerprint density at radius 2 is 1.31 bits per heavy atom. The number of halogens is 2. The van der Waals surface area contributed by atoms with Crippen LogP contribution in [-0.4, -0.2) is 52.1 Å². The van der Waals surface area contributed by atoms with Crippen molar-refractivity contribution in [3.63, 3.8) is 0 Å². The minimum absolute atomic E-state index is 0.0351. The highest BCUT2D eigenvalue weighted by molar-refractivity contribution is 5.74. The van der Waals surface area contributed by atoms with E-state index in [0.29, 0.717) is 6.54 Å². The number of fused-ring (bicyclic) bond motifs is 1. The fraction of sp³-hybridized carbons (Fsp3) is 0.321. The number of para-hydroxylation sites is 2.